The van der Waals surface area contributed by atoms with E-state index >= 15 is 0 Å². The highest BCUT2D eigenvalue weighted by Crippen LogP contribution is 2.11. The minimum absolute atomic E-state index is 0.197. The number of rotatable bonds is 4. The Balaban J connectivity index is 2.22. The predicted molar refractivity (Wildman–Crippen MR) is 73.7 cm³/mol. The summed E-state index contributed by atoms with van der Waals surface area (Å²) in [6, 6.07) is 11.3. The molecule has 2 amide bonds. The number of benzene rings is 1. The maximum Gasteiger partial charge on any atom is 0.324 e. The highest BCUT2D eigenvalue weighted by molar-refractivity contribution is 5.89. The van der Waals surface area contributed by atoms with Gasteiger partial charge in [0.2, 0.25) is 5.95 Å². The van der Waals surface area contributed by atoms with Gasteiger partial charge in [0.15, 0.2) is 0 Å². The SMILES string of the molecule is CCNC(=O)N(Cc1ccccc1)c1ncccn1. The summed E-state index contributed by atoms with van der Waals surface area (Å²) in [5.41, 5.74) is 1.03. The van der Waals surface area contributed by atoms with Crippen molar-refractivity contribution in [2.24, 2.45) is 0 Å². The largest absolute Gasteiger partial charge is 0.338 e. The zero-order chi connectivity index (χ0) is 13.5. The number of hydrogen-bond acceptors (Lipinski definition) is 3. The van der Waals surface area contributed by atoms with Crippen molar-refractivity contribution in [1.29, 1.82) is 0 Å². The van der Waals surface area contributed by atoms with E-state index in [1.807, 2.05) is 37.3 Å². The summed E-state index contributed by atoms with van der Waals surface area (Å²) in [6.07, 6.45) is 3.25. The summed E-state index contributed by atoms with van der Waals surface area (Å²) in [5.74, 6) is 0.400. The minimum atomic E-state index is -0.197. The molecule has 1 aromatic heterocycles. The second-order valence-electron chi connectivity index (χ2n) is 3.96. The molecular weight excluding hydrogens is 240 g/mol. The lowest BCUT2D eigenvalue weighted by Crippen LogP contribution is -2.40. The van der Waals surface area contributed by atoms with E-state index in [4.69, 9.17) is 0 Å². The van der Waals surface area contributed by atoms with Gasteiger partial charge in [0, 0.05) is 18.9 Å². The third kappa shape index (κ3) is 3.51. The molecule has 19 heavy (non-hydrogen) atoms. The maximum atomic E-state index is 12.1. The molecule has 0 bridgehead atoms. The smallest absolute Gasteiger partial charge is 0.324 e. The highest BCUT2D eigenvalue weighted by Gasteiger charge is 2.17. The van der Waals surface area contributed by atoms with E-state index in [1.54, 1.807) is 18.5 Å². The van der Waals surface area contributed by atoms with Crippen LogP contribution in [0.15, 0.2) is 48.8 Å². The Kier molecular flexibility index (Phi) is 4.44. The number of urea groups is 1. The molecule has 0 unspecified atom stereocenters. The Morgan fingerprint density at radius 2 is 1.84 bits per heavy atom. The number of nitrogens with zero attached hydrogens (tertiary/aromatic N) is 3. The molecular formula is C14H16N4O. The minimum Gasteiger partial charge on any atom is -0.338 e. The number of nitrogens with one attached hydrogen (secondary N) is 1. The lowest BCUT2D eigenvalue weighted by molar-refractivity contribution is 0.246. The quantitative estimate of drug-likeness (QED) is 0.912. The molecule has 0 aliphatic carbocycles. The lowest BCUT2D eigenvalue weighted by Gasteiger charge is -2.20. The van der Waals surface area contributed by atoms with Crippen molar-refractivity contribution in [1.82, 2.24) is 15.3 Å². The van der Waals surface area contributed by atoms with Gasteiger partial charge in [0.1, 0.15) is 0 Å². The van der Waals surface area contributed by atoms with Crippen molar-refractivity contribution in [3.63, 3.8) is 0 Å². The van der Waals surface area contributed by atoms with Crippen molar-refractivity contribution in [3.05, 3.63) is 54.4 Å². The van der Waals surface area contributed by atoms with Crippen molar-refractivity contribution in [2.75, 3.05) is 11.4 Å². The average molecular weight is 256 g/mol. The molecule has 0 spiro atoms. The normalized spacial score (nSPS) is 9.95. The summed E-state index contributed by atoms with van der Waals surface area (Å²) in [5, 5.41) is 2.77. The molecule has 5 nitrogen and oxygen atoms in total. The van der Waals surface area contributed by atoms with Crippen LogP contribution in [0.1, 0.15) is 12.5 Å². The van der Waals surface area contributed by atoms with E-state index in [-0.39, 0.29) is 6.03 Å². The van der Waals surface area contributed by atoms with E-state index in [9.17, 15) is 4.79 Å². The van der Waals surface area contributed by atoms with E-state index in [0.29, 0.717) is 19.0 Å². The first-order valence-electron chi connectivity index (χ1n) is 6.17. The summed E-state index contributed by atoms with van der Waals surface area (Å²) < 4.78 is 0. The molecule has 0 radical (unpaired) electrons. The lowest BCUT2D eigenvalue weighted by atomic mass is 10.2. The molecule has 0 atom stereocenters. The Bertz CT molecular complexity index is 515. The van der Waals surface area contributed by atoms with Gasteiger partial charge in [0.05, 0.1) is 6.54 Å². The number of carbonyl (C=O) groups excluding carboxylic acids is 1. The van der Waals surface area contributed by atoms with Gasteiger partial charge < -0.3 is 5.32 Å². The molecule has 5 heteroatoms. The van der Waals surface area contributed by atoms with Crippen LogP contribution in [0, 0.1) is 0 Å². The third-order valence-corrected chi connectivity index (χ3v) is 2.55. The molecule has 0 aliphatic heterocycles. The topological polar surface area (TPSA) is 58.1 Å². The Morgan fingerprint density at radius 3 is 2.47 bits per heavy atom. The summed E-state index contributed by atoms with van der Waals surface area (Å²) in [7, 11) is 0. The van der Waals surface area contributed by atoms with E-state index in [0.717, 1.165) is 5.56 Å². The number of hydrogen-bond donors (Lipinski definition) is 1. The first kappa shape index (κ1) is 13.0. The van der Waals surface area contributed by atoms with Crippen LogP contribution in [0.25, 0.3) is 0 Å². The van der Waals surface area contributed by atoms with Gasteiger partial charge in [-0.05, 0) is 18.6 Å². The number of anilines is 1. The fraction of sp³-hybridized carbons (Fsp3) is 0.214. The van der Waals surface area contributed by atoms with Gasteiger partial charge in [-0.2, -0.15) is 0 Å². The molecule has 1 heterocycles. The van der Waals surface area contributed by atoms with Crippen molar-refractivity contribution < 1.29 is 4.79 Å². The predicted octanol–water partition coefficient (Wildman–Crippen LogP) is 2.21. The fourth-order valence-corrected chi connectivity index (χ4v) is 1.68. The van der Waals surface area contributed by atoms with E-state index in [2.05, 4.69) is 15.3 Å². The molecule has 1 N–H and O–H groups in total. The van der Waals surface area contributed by atoms with Crippen molar-refractivity contribution >= 4 is 12.0 Å². The zero-order valence-corrected chi connectivity index (χ0v) is 10.8. The van der Waals surface area contributed by atoms with Crippen LogP contribution in [0.2, 0.25) is 0 Å². The van der Waals surface area contributed by atoms with Crippen LogP contribution in [-0.4, -0.2) is 22.5 Å². The summed E-state index contributed by atoms with van der Waals surface area (Å²) in [4.78, 5) is 21.9. The number of amides is 2. The molecule has 0 saturated heterocycles. The van der Waals surface area contributed by atoms with Crippen LogP contribution < -0.4 is 10.2 Å². The number of aromatic nitrogens is 2. The van der Waals surface area contributed by atoms with E-state index < -0.39 is 0 Å². The van der Waals surface area contributed by atoms with Crippen LogP contribution in [0.3, 0.4) is 0 Å². The first-order valence-corrected chi connectivity index (χ1v) is 6.17. The van der Waals surface area contributed by atoms with Crippen LogP contribution in [0.4, 0.5) is 10.7 Å². The van der Waals surface area contributed by atoms with E-state index in [1.165, 1.54) is 4.90 Å². The highest BCUT2D eigenvalue weighted by atomic mass is 16.2. The number of carbonyl (C=O) groups is 1. The molecule has 1 aromatic carbocycles. The molecule has 2 aromatic rings. The van der Waals surface area contributed by atoms with Crippen molar-refractivity contribution in [3.8, 4) is 0 Å². The fourth-order valence-electron chi connectivity index (χ4n) is 1.68. The Hall–Kier alpha value is -2.43. The molecule has 0 aliphatic rings. The molecule has 0 saturated carbocycles. The van der Waals surface area contributed by atoms with Gasteiger partial charge in [-0.15, -0.1) is 0 Å². The van der Waals surface area contributed by atoms with Gasteiger partial charge in [-0.3, -0.25) is 4.90 Å². The van der Waals surface area contributed by atoms with Crippen LogP contribution in [0.5, 0.6) is 0 Å². The van der Waals surface area contributed by atoms with Gasteiger partial charge >= 0.3 is 6.03 Å². The first-order chi connectivity index (χ1) is 9.31. The second kappa shape index (κ2) is 6.49. The molecule has 98 valence electrons. The van der Waals surface area contributed by atoms with Gasteiger partial charge in [-0.1, -0.05) is 30.3 Å². The maximum absolute atomic E-state index is 12.1. The van der Waals surface area contributed by atoms with Gasteiger partial charge in [0.25, 0.3) is 0 Å². The average Bonchev–Trinajstić information content (AvgIpc) is 2.47. The summed E-state index contributed by atoms with van der Waals surface area (Å²) in [6.45, 7) is 2.89. The molecule has 0 fully saturated rings. The summed E-state index contributed by atoms with van der Waals surface area (Å²) >= 11 is 0. The Morgan fingerprint density at radius 1 is 1.16 bits per heavy atom. The molecule has 2 rings (SSSR count). The van der Waals surface area contributed by atoms with Gasteiger partial charge in [-0.25, -0.2) is 14.8 Å². The third-order valence-electron chi connectivity index (χ3n) is 2.55. The van der Waals surface area contributed by atoms with Crippen LogP contribution in [-0.2, 0) is 6.54 Å². The standard InChI is InChI=1S/C14H16N4O/c1-2-15-14(19)18(13-16-9-6-10-17-13)11-12-7-4-3-5-8-12/h3-10H,2,11H2,1H3,(H,15,19). The second-order valence-corrected chi connectivity index (χ2v) is 3.96. The zero-order valence-electron chi connectivity index (χ0n) is 10.8. The Labute approximate surface area is 112 Å². The van der Waals surface area contributed by atoms with Crippen molar-refractivity contribution in [2.45, 2.75) is 13.5 Å². The monoisotopic (exact) mass is 256 g/mol. The van der Waals surface area contributed by atoms with Crippen LogP contribution >= 0.6 is 0 Å².